The molecule has 1 fully saturated rings. The van der Waals surface area contributed by atoms with E-state index in [1.807, 2.05) is 13.6 Å². The minimum Gasteiger partial charge on any atom is -0.369 e. The molecule has 0 aliphatic carbocycles. The van der Waals surface area contributed by atoms with E-state index in [2.05, 4.69) is 6.92 Å². The average Bonchev–Trinajstić information content (AvgIpc) is 2.35. The topological polar surface area (TPSA) is 61.6 Å². The number of carbonyl (C=O) groups is 1. The van der Waals surface area contributed by atoms with E-state index in [0.29, 0.717) is 6.61 Å². The van der Waals surface area contributed by atoms with Gasteiger partial charge in [-0.25, -0.2) is 0 Å². The summed E-state index contributed by atoms with van der Waals surface area (Å²) in [6, 6.07) is 0. The minimum absolute atomic E-state index is 0.0676. The molecule has 4 unspecified atom stereocenters. The number of nitrogens with two attached hydrogens (primary N) is 1. The summed E-state index contributed by atoms with van der Waals surface area (Å²) in [7, 11) is -0.775. The Labute approximate surface area is 118 Å². The molecule has 1 amide bonds. The highest BCUT2D eigenvalue weighted by Crippen LogP contribution is 2.44. The highest BCUT2D eigenvalue weighted by molar-refractivity contribution is 7.46. The third kappa shape index (κ3) is 5.76. The maximum atomic E-state index is 11.7. The van der Waals surface area contributed by atoms with Gasteiger partial charge in [-0.3, -0.25) is 4.79 Å². The van der Waals surface area contributed by atoms with E-state index in [9.17, 15) is 4.79 Å². The fourth-order valence-electron chi connectivity index (χ4n) is 2.65. The zero-order chi connectivity index (χ0) is 14.3. The Bertz CT molecular complexity index is 275. The summed E-state index contributed by atoms with van der Waals surface area (Å²) in [4.78, 5) is 11.7. The highest BCUT2D eigenvalue weighted by Gasteiger charge is 2.35. The van der Waals surface area contributed by atoms with Gasteiger partial charge in [-0.15, -0.1) is 0 Å². The SMILES string of the molecule is CCCCCCCC(C(N)=O)C1COP(C)OC1C. The Morgan fingerprint density at radius 1 is 1.37 bits per heavy atom. The molecule has 0 aromatic heterocycles. The monoisotopic (exact) mass is 289 g/mol. The Morgan fingerprint density at radius 3 is 2.63 bits per heavy atom. The Hall–Kier alpha value is -0.180. The zero-order valence-corrected chi connectivity index (χ0v) is 13.3. The number of unbranched alkanes of at least 4 members (excludes halogenated alkanes) is 4. The third-order valence-electron chi connectivity index (χ3n) is 3.87. The van der Waals surface area contributed by atoms with Crippen LogP contribution in [0.15, 0.2) is 0 Å². The molecule has 112 valence electrons. The van der Waals surface area contributed by atoms with Crippen LogP contribution in [0.3, 0.4) is 0 Å². The Balaban J connectivity index is 2.41. The van der Waals surface area contributed by atoms with E-state index >= 15 is 0 Å². The molecule has 4 atom stereocenters. The molecule has 1 rings (SSSR count). The van der Waals surface area contributed by atoms with Gasteiger partial charge in [-0.2, -0.15) is 0 Å². The van der Waals surface area contributed by atoms with Crippen molar-refractivity contribution in [1.29, 1.82) is 0 Å². The van der Waals surface area contributed by atoms with Crippen molar-refractivity contribution in [1.82, 2.24) is 0 Å². The van der Waals surface area contributed by atoms with Crippen molar-refractivity contribution in [2.75, 3.05) is 13.3 Å². The van der Waals surface area contributed by atoms with Crippen LogP contribution >= 0.6 is 8.38 Å². The molecule has 0 aromatic carbocycles. The van der Waals surface area contributed by atoms with Crippen molar-refractivity contribution in [3.05, 3.63) is 0 Å². The molecule has 0 bridgehead atoms. The van der Waals surface area contributed by atoms with Gasteiger partial charge in [0, 0.05) is 18.5 Å². The van der Waals surface area contributed by atoms with Crippen molar-refractivity contribution in [2.45, 2.75) is 58.5 Å². The second kappa shape index (κ2) is 8.89. The molecule has 1 saturated heterocycles. The normalized spacial score (nSPS) is 29.1. The summed E-state index contributed by atoms with van der Waals surface area (Å²) in [6.45, 7) is 6.78. The van der Waals surface area contributed by atoms with Crippen LogP contribution in [0, 0.1) is 11.8 Å². The first-order valence-electron chi connectivity index (χ1n) is 7.39. The molecule has 19 heavy (non-hydrogen) atoms. The van der Waals surface area contributed by atoms with Crippen LogP contribution < -0.4 is 5.73 Å². The summed E-state index contributed by atoms with van der Waals surface area (Å²) in [5.74, 6) is -0.204. The van der Waals surface area contributed by atoms with Crippen molar-refractivity contribution in [3.63, 3.8) is 0 Å². The first kappa shape index (κ1) is 16.9. The van der Waals surface area contributed by atoms with Crippen LogP contribution in [-0.4, -0.2) is 25.3 Å². The number of carbonyl (C=O) groups excluding carboxylic acids is 1. The minimum atomic E-state index is -0.775. The number of rotatable bonds is 8. The van der Waals surface area contributed by atoms with Crippen molar-refractivity contribution >= 4 is 14.3 Å². The Morgan fingerprint density at radius 2 is 2.05 bits per heavy atom. The maximum absolute atomic E-state index is 11.7. The molecule has 4 nitrogen and oxygen atoms in total. The Kier molecular flexibility index (Phi) is 7.89. The summed E-state index contributed by atoms with van der Waals surface area (Å²) in [5.41, 5.74) is 5.56. The lowest BCUT2D eigenvalue weighted by molar-refractivity contribution is -0.126. The smallest absolute Gasteiger partial charge is 0.220 e. The molecule has 0 spiro atoms. The summed E-state index contributed by atoms with van der Waals surface area (Å²) >= 11 is 0. The lowest BCUT2D eigenvalue weighted by Crippen LogP contribution is -2.40. The van der Waals surface area contributed by atoms with Gasteiger partial charge in [0.15, 0.2) is 8.38 Å². The van der Waals surface area contributed by atoms with Crippen molar-refractivity contribution in [3.8, 4) is 0 Å². The number of amides is 1. The van der Waals surface area contributed by atoms with Gasteiger partial charge in [0.25, 0.3) is 0 Å². The molecule has 1 aliphatic rings. The quantitative estimate of drug-likeness (QED) is 0.550. The average molecular weight is 289 g/mol. The third-order valence-corrected chi connectivity index (χ3v) is 5.01. The lowest BCUT2D eigenvalue weighted by Gasteiger charge is -2.36. The first-order chi connectivity index (χ1) is 9.06. The fourth-order valence-corrected chi connectivity index (χ4v) is 3.72. The van der Waals surface area contributed by atoms with Gasteiger partial charge < -0.3 is 14.8 Å². The van der Waals surface area contributed by atoms with Crippen LogP contribution in [0.2, 0.25) is 0 Å². The van der Waals surface area contributed by atoms with Gasteiger partial charge in [-0.05, 0) is 13.3 Å². The molecule has 0 aromatic rings. The molecular formula is C14H28NO3P. The van der Waals surface area contributed by atoms with E-state index < -0.39 is 8.38 Å². The second-order valence-corrected chi connectivity index (χ2v) is 6.77. The van der Waals surface area contributed by atoms with Crippen LogP contribution in [0.4, 0.5) is 0 Å². The van der Waals surface area contributed by atoms with E-state index in [-0.39, 0.29) is 23.8 Å². The predicted octanol–water partition coefficient (Wildman–Crippen LogP) is 3.44. The highest BCUT2D eigenvalue weighted by atomic mass is 31.2. The van der Waals surface area contributed by atoms with Crippen LogP contribution in [0.5, 0.6) is 0 Å². The van der Waals surface area contributed by atoms with Gasteiger partial charge in [-0.1, -0.05) is 39.0 Å². The molecule has 5 heteroatoms. The van der Waals surface area contributed by atoms with E-state index in [1.54, 1.807) is 0 Å². The van der Waals surface area contributed by atoms with Gasteiger partial charge in [0.2, 0.25) is 5.91 Å². The zero-order valence-electron chi connectivity index (χ0n) is 12.4. The molecule has 2 N–H and O–H groups in total. The van der Waals surface area contributed by atoms with Crippen LogP contribution in [0.1, 0.15) is 52.4 Å². The number of hydrogen-bond donors (Lipinski definition) is 1. The predicted molar refractivity (Wildman–Crippen MR) is 78.9 cm³/mol. The van der Waals surface area contributed by atoms with Crippen LogP contribution in [-0.2, 0) is 13.8 Å². The lowest BCUT2D eigenvalue weighted by atomic mass is 9.84. The maximum Gasteiger partial charge on any atom is 0.220 e. The van der Waals surface area contributed by atoms with E-state index in [1.165, 1.54) is 25.7 Å². The van der Waals surface area contributed by atoms with E-state index in [4.69, 9.17) is 14.8 Å². The van der Waals surface area contributed by atoms with Gasteiger partial charge in [0.1, 0.15) is 0 Å². The molecule has 1 heterocycles. The summed E-state index contributed by atoms with van der Waals surface area (Å²) in [6.07, 6.45) is 6.93. The second-order valence-electron chi connectivity index (χ2n) is 5.42. The van der Waals surface area contributed by atoms with Gasteiger partial charge >= 0.3 is 0 Å². The standard InChI is InChI=1S/C14H28NO3P/c1-4-5-6-7-8-9-12(14(15)16)13-10-17-19(3)18-11(13)2/h11-13H,4-10H2,1-3H3,(H2,15,16). The number of primary amides is 1. The summed E-state index contributed by atoms with van der Waals surface area (Å²) < 4.78 is 11.3. The van der Waals surface area contributed by atoms with E-state index in [0.717, 1.165) is 12.8 Å². The molecular weight excluding hydrogens is 261 g/mol. The molecule has 0 saturated carbocycles. The van der Waals surface area contributed by atoms with Crippen molar-refractivity contribution < 1.29 is 13.8 Å². The number of hydrogen-bond acceptors (Lipinski definition) is 3. The molecule has 0 radical (unpaired) electrons. The van der Waals surface area contributed by atoms with Gasteiger partial charge in [0.05, 0.1) is 12.7 Å². The van der Waals surface area contributed by atoms with Crippen molar-refractivity contribution in [2.24, 2.45) is 17.6 Å². The van der Waals surface area contributed by atoms with Crippen LogP contribution in [0.25, 0.3) is 0 Å². The fraction of sp³-hybridized carbons (Fsp3) is 0.929. The molecule has 1 aliphatic heterocycles. The summed E-state index contributed by atoms with van der Waals surface area (Å²) in [5, 5.41) is 0. The first-order valence-corrected chi connectivity index (χ1v) is 9.01. The largest absolute Gasteiger partial charge is 0.369 e.